The molecule has 0 aromatic heterocycles. The summed E-state index contributed by atoms with van der Waals surface area (Å²) in [5, 5.41) is 3.37. The van der Waals surface area contributed by atoms with Crippen LogP contribution in [0.15, 0.2) is 18.2 Å². The fourth-order valence-corrected chi connectivity index (χ4v) is 3.27. The maximum atomic E-state index is 13.5. The van der Waals surface area contributed by atoms with Gasteiger partial charge in [0.05, 0.1) is 18.4 Å². The number of piperidine rings is 1. The fraction of sp³-hybridized carbons (Fsp3) is 0.533. The van der Waals surface area contributed by atoms with Crippen LogP contribution in [0.2, 0.25) is 0 Å². The molecule has 1 aromatic carbocycles. The SMILES string of the molecule is COC(=O)c1ccc(F)cc1NC1CCN2CCC1C2. The minimum atomic E-state index is -0.434. The molecular formula is C15H19FN2O2. The molecule has 4 nitrogen and oxygen atoms in total. The smallest absolute Gasteiger partial charge is 0.339 e. The summed E-state index contributed by atoms with van der Waals surface area (Å²) in [5.74, 6) is -0.196. The van der Waals surface area contributed by atoms with Crippen LogP contribution in [-0.2, 0) is 4.74 Å². The molecule has 20 heavy (non-hydrogen) atoms. The highest BCUT2D eigenvalue weighted by Crippen LogP contribution is 2.30. The minimum Gasteiger partial charge on any atom is -0.465 e. The van der Waals surface area contributed by atoms with Gasteiger partial charge in [0.2, 0.25) is 0 Å². The molecule has 0 saturated carbocycles. The lowest BCUT2D eigenvalue weighted by Crippen LogP contribution is -2.39. The number of fused-ring (bicyclic) bond motifs is 2. The molecule has 0 aliphatic carbocycles. The Bertz CT molecular complexity index is 521. The van der Waals surface area contributed by atoms with E-state index in [9.17, 15) is 9.18 Å². The average molecular weight is 278 g/mol. The molecule has 2 heterocycles. The zero-order valence-corrected chi connectivity index (χ0v) is 11.6. The highest BCUT2D eigenvalue weighted by molar-refractivity contribution is 5.95. The molecule has 108 valence electrons. The van der Waals surface area contributed by atoms with Crippen LogP contribution in [0.5, 0.6) is 0 Å². The Balaban J connectivity index is 1.82. The summed E-state index contributed by atoms with van der Waals surface area (Å²) in [6.07, 6.45) is 2.20. The molecule has 0 amide bonds. The van der Waals surface area contributed by atoms with Crippen molar-refractivity contribution in [3.63, 3.8) is 0 Å². The summed E-state index contributed by atoms with van der Waals surface area (Å²) in [4.78, 5) is 14.2. The van der Waals surface area contributed by atoms with E-state index in [-0.39, 0.29) is 5.82 Å². The number of nitrogens with one attached hydrogen (secondary N) is 1. The summed E-state index contributed by atoms with van der Waals surface area (Å²) < 4.78 is 18.2. The quantitative estimate of drug-likeness (QED) is 0.860. The highest BCUT2D eigenvalue weighted by Gasteiger charge is 2.34. The van der Waals surface area contributed by atoms with Gasteiger partial charge in [0.15, 0.2) is 0 Å². The Morgan fingerprint density at radius 3 is 3.00 bits per heavy atom. The van der Waals surface area contributed by atoms with E-state index < -0.39 is 5.97 Å². The second-order valence-electron chi connectivity index (χ2n) is 5.57. The summed E-state index contributed by atoms with van der Waals surface area (Å²) in [7, 11) is 1.34. The van der Waals surface area contributed by atoms with Crippen LogP contribution < -0.4 is 5.32 Å². The van der Waals surface area contributed by atoms with Gasteiger partial charge in [-0.15, -0.1) is 0 Å². The molecule has 2 aliphatic rings. The van der Waals surface area contributed by atoms with Crippen LogP contribution in [0, 0.1) is 11.7 Å². The molecule has 2 aliphatic heterocycles. The van der Waals surface area contributed by atoms with Crippen LogP contribution in [0.1, 0.15) is 23.2 Å². The summed E-state index contributed by atoms with van der Waals surface area (Å²) in [5.41, 5.74) is 0.941. The molecule has 2 saturated heterocycles. The summed E-state index contributed by atoms with van der Waals surface area (Å²) in [6.45, 7) is 3.31. The third-order valence-electron chi connectivity index (χ3n) is 4.36. The normalized spacial score (nSPS) is 28.2. The monoisotopic (exact) mass is 278 g/mol. The number of ether oxygens (including phenoxy) is 1. The number of methoxy groups -OCH3 is 1. The topological polar surface area (TPSA) is 41.6 Å². The molecule has 2 bridgehead atoms. The lowest BCUT2D eigenvalue weighted by atomic mass is 9.93. The number of anilines is 1. The van der Waals surface area contributed by atoms with E-state index in [0.29, 0.717) is 23.2 Å². The van der Waals surface area contributed by atoms with Crippen LogP contribution in [-0.4, -0.2) is 43.7 Å². The van der Waals surface area contributed by atoms with Crippen molar-refractivity contribution in [1.29, 1.82) is 0 Å². The first-order chi connectivity index (χ1) is 9.67. The van der Waals surface area contributed by atoms with Crippen LogP contribution in [0.3, 0.4) is 0 Å². The molecule has 3 unspecified atom stereocenters. The van der Waals surface area contributed by atoms with E-state index in [1.165, 1.54) is 31.7 Å². The number of hydrogen-bond acceptors (Lipinski definition) is 4. The molecule has 3 rings (SSSR count). The number of rotatable bonds is 3. The van der Waals surface area contributed by atoms with Crippen LogP contribution in [0.4, 0.5) is 10.1 Å². The van der Waals surface area contributed by atoms with E-state index in [1.807, 2.05) is 0 Å². The number of esters is 1. The molecule has 1 N–H and O–H groups in total. The van der Waals surface area contributed by atoms with Crippen molar-refractivity contribution < 1.29 is 13.9 Å². The summed E-state index contributed by atoms with van der Waals surface area (Å²) in [6, 6.07) is 4.45. The zero-order chi connectivity index (χ0) is 14.1. The van der Waals surface area contributed by atoms with Gasteiger partial charge in [-0.1, -0.05) is 0 Å². The van der Waals surface area contributed by atoms with Gasteiger partial charge >= 0.3 is 5.97 Å². The van der Waals surface area contributed by atoms with E-state index in [0.717, 1.165) is 26.1 Å². The van der Waals surface area contributed by atoms with Crippen molar-refractivity contribution in [1.82, 2.24) is 4.90 Å². The first-order valence-corrected chi connectivity index (χ1v) is 7.04. The Labute approximate surface area is 117 Å². The van der Waals surface area contributed by atoms with Gasteiger partial charge in [0.25, 0.3) is 0 Å². The van der Waals surface area contributed by atoms with Crippen molar-refractivity contribution >= 4 is 11.7 Å². The lowest BCUT2D eigenvalue weighted by molar-refractivity contribution is 0.0601. The number of carbonyl (C=O) groups excluding carboxylic acids is 1. The van der Waals surface area contributed by atoms with Crippen molar-refractivity contribution in [2.45, 2.75) is 18.9 Å². The minimum absolute atomic E-state index is 0.305. The molecule has 5 heteroatoms. The third-order valence-corrected chi connectivity index (χ3v) is 4.36. The highest BCUT2D eigenvalue weighted by atomic mass is 19.1. The van der Waals surface area contributed by atoms with Gasteiger partial charge in [-0.25, -0.2) is 9.18 Å². The maximum Gasteiger partial charge on any atom is 0.339 e. The first-order valence-electron chi connectivity index (χ1n) is 7.04. The van der Waals surface area contributed by atoms with E-state index in [2.05, 4.69) is 10.2 Å². The van der Waals surface area contributed by atoms with Gasteiger partial charge in [0.1, 0.15) is 5.82 Å². The number of halogens is 1. The predicted molar refractivity (Wildman–Crippen MR) is 74.3 cm³/mol. The van der Waals surface area contributed by atoms with Gasteiger partial charge in [-0.2, -0.15) is 0 Å². The van der Waals surface area contributed by atoms with Crippen LogP contribution >= 0.6 is 0 Å². The molecule has 1 aromatic rings. The second kappa shape index (κ2) is 5.40. The first kappa shape index (κ1) is 13.4. The number of hydrogen-bond donors (Lipinski definition) is 1. The Kier molecular flexibility index (Phi) is 3.61. The number of benzene rings is 1. The Morgan fingerprint density at radius 1 is 1.40 bits per heavy atom. The molecule has 2 fully saturated rings. The third kappa shape index (κ3) is 2.50. The predicted octanol–water partition coefficient (Wildman–Crippen LogP) is 2.12. The zero-order valence-electron chi connectivity index (χ0n) is 11.6. The van der Waals surface area contributed by atoms with E-state index in [1.54, 1.807) is 0 Å². The van der Waals surface area contributed by atoms with Crippen molar-refractivity contribution in [3.05, 3.63) is 29.6 Å². The van der Waals surface area contributed by atoms with Crippen molar-refractivity contribution in [2.24, 2.45) is 5.92 Å². The summed E-state index contributed by atoms with van der Waals surface area (Å²) >= 11 is 0. The lowest BCUT2D eigenvalue weighted by Gasteiger charge is -2.32. The molecule has 0 radical (unpaired) electrons. The van der Waals surface area contributed by atoms with Crippen molar-refractivity contribution in [3.8, 4) is 0 Å². The number of nitrogens with zero attached hydrogens (tertiary/aromatic N) is 1. The standard InChI is InChI=1S/C15H19FN2O2/c1-20-15(19)12-3-2-11(16)8-14(12)17-13-5-7-18-6-4-10(13)9-18/h2-3,8,10,13,17H,4-7,9H2,1H3. The Hall–Kier alpha value is -1.62. The molecule has 3 atom stereocenters. The van der Waals surface area contributed by atoms with Crippen LogP contribution in [0.25, 0.3) is 0 Å². The Morgan fingerprint density at radius 2 is 2.20 bits per heavy atom. The van der Waals surface area contributed by atoms with Gasteiger partial charge in [-0.05, 0) is 43.5 Å². The second-order valence-corrected chi connectivity index (χ2v) is 5.57. The van der Waals surface area contributed by atoms with Gasteiger partial charge in [0, 0.05) is 19.1 Å². The maximum absolute atomic E-state index is 13.5. The molecule has 0 spiro atoms. The largest absolute Gasteiger partial charge is 0.465 e. The van der Waals surface area contributed by atoms with Gasteiger partial charge < -0.3 is 15.0 Å². The average Bonchev–Trinajstić information content (AvgIpc) is 2.84. The van der Waals surface area contributed by atoms with Crippen molar-refractivity contribution in [2.75, 3.05) is 32.1 Å². The van der Waals surface area contributed by atoms with E-state index >= 15 is 0 Å². The number of carbonyl (C=O) groups is 1. The van der Waals surface area contributed by atoms with E-state index in [4.69, 9.17) is 4.74 Å². The van der Waals surface area contributed by atoms with Gasteiger partial charge in [-0.3, -0.25) is 0 Å². The fourth-order valence-electron chi connectivity index (χ4n) is 3.27. The molecular weight excluding hydrogens is 259 g/mol.